The molecule has 6 atom stereocenters. The number of ketones is 3. The predicted octanol–water partition coefficient (Wildman–Crippen LogP) is 4.07. The third-order valence-corrected chi connectivity index (χ3v) is 8.04. The molecule has 0 spiro atoms. The number of allylic oxidation sites excluding steroid dienone is 4. The largest absolute Gasteiger partial charge is 0.300 e. The normalized spacial score (nSPS) is 45.9. The molecule has 0 aromatic carbocycles. The second kappa shape index (κ2) is 5.25. The zero-order chi connectivity index (χ0) is 18.1. The Labute approximate surface area is 149 Å². The van der Waals surface area contributed by atoms with E-state index < -0.39 is 0 Å². The van der Waals surface area contributed by atoms with Crippen molar-refractivity contribution >= 4 is 17.3 Å². The van der Waals surface area contributed by atoms with Crippen LogP contribution >= 0.6 is 0 Å². The quantitative estimate of drug-likeness (QED) is 0.534. The second-order valence-electron chi connectivity index (χ2n) is 9.36. The van der Waals surface area contributed by atoms with Gasteiger partial charge in [0, 0.05) is 17.8 Å². The number of hydrogen-bond donors (Lipinski definition) is 0. The third-order valence-electron chi connectivity index (χ3n) is 8.04. The molecule has 0 aliphatic heterocycles. The van der Waals surface area contributed by atoms with Crippen molar-refractivity contribution in [2.75, 3.05) is 0 Å². The number of rotatable bonds is 1. The minimum absolute atomic E-state index is 0.0613. The molecule has 0 amide bonds. The maximum absolute atomic E-state index is 12.2. The average molecular weight is 340 g/mol. The summed E-state index contributed by atoms with van der Waals surface area (Å²) in [5, 5.41) is 0. The fourth-order valence-corrected chi connectivity index (χ4v) is 6.86. The minimum Gasteiger partial charge on any atom is -0.300 e. The standard InChI is InChI=1S/C22H28O3/c1-12-9-14-16-6-5-15(13(2)23)21(16,3)8-7-17(14)22(4)11-20(25)19(24)10-18(12)22/h7,10,12,14-16H,5-6,8-9,11H2,1-4H3/t12-,14-,15+,16-,21+,22+/m0/s1. The van der Waals surface area contributed by atoms with Gasteiger partial charge < -0.3 is 0 Å². The van der Waals surface area contributed by atoms with Crippen LogP contribution in [0.4, 0.5) is 0 Å². The molecule has 0 aromatic rings. The molecule has 0 radical (unpaired) electrons. The molecule has 2 fully saturated rings. The van der Waals surface area contributed by atoms with Crippen molar-refractivity contribution in [1.82, 2.24) is 0 Å². The first kappa shape index (κ1) is 16.9. The van der Waals surface area contributed by atoms with Crippen LogP contribution in [0, 0.1) is 34.5 Å². The van der Waals surface area contributed by atoms with Crippen molar-refractivity contribution in [3.8, 4) is 0 Å². The fourth-order valence-electron chi connectivity index (χ4n) is 6.86. The monoisotopic (exact) mass is 340 g/mol. The maximum atomic E-state index is 12.2. The molecule has 0 aromatic heterocycles. The van der Waals surface area contributed by atoms with Crippen molar-refractivity contribution in [2.24, 2.45) is 34.5 Å². The molecule has 3 nitrogen and oxygen atoms in total. The Balaban J connectivity index is 1.80. The fraction of sp³-hybridized carbons (Fsp3) is 0.682. The van der Waals surface area contributed by atoms with Gasteiger partial charge >= 0.3 is 0 Å². The molecule has 0 N–H and O–H groups in total. The van der Waals surface area contributed by atoms with Crippen LogP contribution < -0.4 is 0 Å². The van der Waals surface area contributed by atoms with Gasteiger partial charge in [-0.25, -0.2) is 0 Å². The summed E-state index contributed by atoms with van der Waals surface area (Å²) in [6.45, 7) is 8.41. The van der Waals surface area contributed by atoms with E-state index in [1.807, 2.05) is 0 Å². The summed E-state index contributed by atoms with van der Waals surface area (Å²) in [7, 11) is 0. The highest BCUT2D eigenvalue weighted by Gasteiger charge is 2.58. The first-order chi connectivity index (χ1) is 11.7. The van der Waals surface area contributed by atoms with Crippen molar-refractivity contribution in [2.45, 2.75) is 59.8 Å². The topological polar surface area (TPSA) is 51.2 Å². The van der Waals surface area contributed by atoms with E-state index in [9.17, 15) is 14.4 Å². The van der Waals surface area contributed by atoms with Crippen LogP contribution in [-0.2, 0) is 14.4 Å². The smallest absolute Gasteiger partial charge is 0.221 e. The van der Waals surface area contributed by atoms with Crippen LogP contribution in [0.5, 0.6) is 0 Å². The van der Waals surface area contributed by atoms with Crippen LogP contribution in [0.25, 0.3) is 0 Å². The molecular weight excluding hydrogens is 312 g/mol. The lowest BCUT2D eigenvalue weighted by atomic mass is 9.49. The SMILES string of the molecule is CC(=O)[C@H]1CC[C@H]2[C@@H]3C[C@H](C)C4=CC(=O)C(=O)C[C@]4(C)C3=CC[C@]12C. The molecule has 3 heteroatoms. The zero-order valence-corrected chi connectivity index (χ0v) is 15.7. The van der Waals surface area contributed by atoms with Crippen LogP contribution in [0.15, 0.2) is 23.3 Å². The Morgan fingerprint density at radius 1 is 1.16 bits per heavy atom. The molecule has 4 aliphatic rings. The van der Waals surface area contributed by atoms with E-state index in [1.165, 1.54) is 5.57 Å². The first-order valence-corrected chi connectivity index (χ1v) is 9.68. The molecule has 0 heterocycles. The van der Waals surface area contributed by atoms with Crippen molar-refractivity contribution < 1.29 is 14.4 Å². The minimum atomic E-state index is -0.323. The van der Waals surface area contributed by atoms with Crippen LogP contribution in [0.2, 0.25) is 0 Å². The Kier molecular flexibility index (Phi) is 3.55. The van der Waals surface area contributed by atoms with Gasteiger partial charge in [0.05, 0.1) is 0 Å². The molecule has 0 unspecified atom stereocenters. The Morgan fingerprint density at radius 2 is 1.88 bits per heavy atom. The summed E-state index contributed by atoms with van der Waals surface area (Å²) in [5.74, 6) is 1.22. The van der Waals surface area contributed by atoms with Gasteiger partial charge in [0.25, 0.3) is 0 Å². The first-order valence-electron chi connectivity index (χ1n) is 9.68. The van der Waals surface area contributed by atoms with E-state index in [0.717, 1.165) is 31.3 Å². The average Bonchev–Trinajstić information content (AvgIpc) is 2.88. The van der Waals surface area contributed by atoms with Gasteiger partial charge in [-0.3, -0.25) is 14.4 Å². The van der Waals surface area contributed by atoms with Gasteiger partial charge in [0.2, 0.25) is 11.6 Å². The summed E-state index contributed by atoms with van der Waals surface area (Å²) in [4.78, 5) is 36.4. The molecule has 0 saturated heterocycles. The highest BCUT2D eigenvalue weighted by Crippen LogP contribution is 2.65. The van der Waals surface area contributed by atoms with Crippen LogP contribution in [0.3, 0.4) is 0 Å². The lowest BCUT2D eigenvalue weighted by Gasteiger charge is -2.54. The van der Waals surface area contributed by atoms with E-state index in [1.54, 1.807) is 13.0 Å². The highest BCUT2D eigenvalue weighted by molar-refractivity contribution is 6.42. The zero-order valence-electron chi connectivity index (χ0n) is 15.7. The summed E-state index contributed by atoms with van der Waals surface area (Å²) in [6.07, 6.45) is 8.37. The Bertz CT molecular complexity index is 742. The molecule has 25 heavy (non-hydrogen) atoms. The lowest BCUT2D eigenvalue weighted by molar-refractivity contribution is -0.135. The van der Waals surface area contributed by atoms with Crippen molar-refractivity contribution in [3.05, 3.63) is 23.3 Å². The van der Waals surface area contributed by atoms with E-state index in [0.29, 0.717) is 30.0 Å². The van der Waals surface area contributed by atoms with Crippen molar-refractivity contribution in [3.63, 3.8) is 0 Å². The van der Waals surface area contributed by atoms with Gasteiger partial charge in [-0.05, 0) is 61.9 Å². The van der Waals surface area contributed by atoms with Gasteiger partial charge in [-0.2, -0.15) is 0 Å². The summed E-state index contributed by atoms with van der Waals surface area (Å²) in [6, 6.07) is 0. The Morgan fingerprint density at radius 3 is 2.56 bits per heavy atom. The summed E-state index contributed by atoms with van der Waals surface area (Å²) < 4.78 is 0. The molecule has 4 rings (SSSR count). The summed E-state index contributed by atoms with van der Waals surface area (Å²) >= 11 is 0. The summed E-state index contributed by atoms with van der Waals surface area (Å²) in [5.41, 5.74) is 2.31. The van der Waals surface area contributed by atoms with E-state index in [-0.39, 0.29) is 28.3 Å². The molecule has 134 valence electrons. The van der Waals surface area contributed by atoms with Gasteiger partial charge in [0.1, 0.15) is 5.78 Å². The molecule has 2 saturated carbocycles. The number of Topliss-reactive ketones (excluding diaryl/α,β-unsaturated/α-hetero) is 2. The van der Waals surface area contributed by atoms with Crippen LogP contribution in [-0.4, -0.2) is 17.3 Å². The van der Waals surface area contributed by atoms with E-state index >= 15 is 0 Å². The lowest BCUT2D eigenvalue weighted by Crippen LogP contribution is -2.48. The van der Waals surface area contributed by atoms with Gasteiger partial charge in [-0.15, -0.1) is 0 Å². The van der Waals surface area contributed by atoms with Crippen molar-refractivity contribution in [1.29, 1.82) is 0 Å². The molecule has 0 bridgehead atoms. The maximum Gasteiger partial charge on any atom is 0.221 e. The van der Waals surface area contributed by atoms with E-state index in [4.69, 9.17) is 0 Å². The molecule has 4 aliphatic carbocycles. The van der Waals surface area contributed by atoms with Crippen LogP contribution in [0.1, 0.15) is 59.8 Å². The Hall–Kier alpha value is -1.51. The second-order valence-corrected chi connectivity index (χ2v) is 9.36. The third kappa shape index (κ3) is 2.14. The van der Waals surface area contributed by atoms with E-state index in [2.05, 4.69) is 26.8 Å². The molecular formula is C22H28O3. The number of hydrogen-bond acceptors (Lipinski definition) is 3. The van der Waals surface area contributed by atoms with Gasteiger partial charge in [0.15, 0.2) is 0 Å². The number of carbonyl (C=O) groups excluding carboxylic acids is 3. The number of carbonyl (C=O) groups is 3. The highest BCUT2D eigenvalue weighted by atomic mass is 16.2. The van der Waals surface area contributed by atoms with Gasteiger partial charge in [-0.1, -0.05) is 38.0 Å². The predicted molar refractivity (Wildman–Crippen MR) is 95.8 cm³/mol. The number of fused-ring (bicyclic) bond motifs is 5.